The number of benzene rings is 1. The topological polar surface area (TPSA) is 72.5 Å². The van der Waals surface area contributed by atoms with E-state index in [0.717, 1.165) is 67.0 Å². The maximum absolute atomic E-state index is 12.2. The fraction of sp³-hybridized carbons (Fsp3) is 0.364. The first-order chi connectivity index (χ1) is 13.6. The number of aromatic nitrogens is 2. The zero-order chi connectivity index (χ0) is 19.5. The molecule has 1 aliphatic rings. The van der Waals surface area contributed by atoms with Gasteiger partial charge in [0.2, 0.25) is 0 Å². The van der Waals surface area contributed by atoms with E-state index in [9.17, 15) is 9.90 Å². The monoisotopic (exact) mass is 378 g/mol. The highest BCUT2D eigenvalue weighted by Crippen LogP contribution is 2.32. The minimum atomic E-state index is -0.783. The van der Waals surface area contributed by atoms with Crippen molar-refractivity contribution in [2.24, 2.45) is 0 Å². The van der Waals surface area contributed by atoms with Gasteiger partial charge in [0.05, 0.1) is 0 Å². The van der Waals surface area contributed by atoms with Crippen molar-refractivity contribution in [1.82, 2.24) is 19.8 Å². The van der Waals surface area contributed by atoms with Crippen molar-refractivity contribution in [3.63, 3.8) is 0 Å². The number of aliphatic carboxylic acids is 1. The molecule has 1 saturated heterocycles. The van der Waals surface area contributed by atoms with E-state index in [0.29, 0.717) is 0 Å². The van der Waals surface area contributed by atoms with Crippen LogP contribution in [0.2, 0.25) is 0 Å². The number of H-pyrrole nitrogens is 1. The van der Waals surface area contributed by atoms with Gasteiger partial charge in [0.15, 0.2) is 0 Å². The zero-order valence-corrected chi connectivity index (χ0v) is 16.1. The molecule has 1 aromatic carbocycles. The number of piperazine rings is 1. The smallest absolute Gasteiger partial charge is 0.325 e. The number of pyridine rings is 1. The first-order valence-corrected chi connectivity index (χ1v) is 9.80. The maximum Gasteiger partial charge on any atom is 0.325 e. The van der Waals surface area contributed by atoms with Crippen molar-refractivity contribution >= 4 is 16.9 Å². The molecule has 0 aliphatic carbocycles. The zero-order valence-electron chi connectivity index (χ0n) is 16.1. The molecular formula is C22H26N4O2. The second-order valence-corrected chi connectivity index (χ2v) is 7.40. The van der Waals surface area contributed by atoms with Crippen LogP contribution in [0, 0.1) is 6.92 Å². The second-order valence-electron chi connectivity index (χ2n) is 7.40. The van der Waals surface area contributed by atoms with Crippen LogP contribution in [-0.4, -0.2) is 63.6 Å². The maximum atomic E-state index is 12.2. The molecule has 0 amide bonds. The highest BCUT2D eigenvalue weighted by atomic mass is 16.4. The third-order valence-corrected chi connectivity index (χ3v) is 5.63. The summed E-state index contributed by atoms with van der Waals surface area (Å²) in [5.41, 5.74) is 3.93. The van der Waals surface area contributed by atoms with Gasteiger partial charge < -0.3 is 15.0 Å². The molecule has 0 radical (unpaired) electrons. The summed E-state index contributed by atoms with van der Waals surface area (Å²) in [7, 11) is 0. The number of carbonyl (C=O) groups is 1. The van der Waals surface area contributed by atoms with Gasteiger partial charge in [-0.2, -0.15) is 0 Å². The van der Waals surface area contributed by atoms with Gasteiger partial charge in [-0.3, -0.25) is 14.7 Å². The SMILES string of the molecule is Cc1[nH]c2ccccc2c1C(C(=O)O)N1CCN(CCc2ccccn2)CC1. The Kier molecular flexibility index (Phi) is 5.41. The highest BCUT2D eigenvalue weighted by Gasteiger charge is 2.33. The Morgan fingerprint density at radius 1 is 1.14 bits per heavy atom. The van der Waals surface area contributed by atoms with E-state index in [4.69, 9.17) is 0 Å². The number of rotatable bonds is 6. The van der Waals surface area contributed by atoms with Gasteiger partial charge in [-0.25, -0.2) is 0 Å². The Bertz CT molecular complexity index is 946. The van der Waals surface area contributed by atoms with Crippen LogP contribution < -0.4 is 0 Å². The van der Waals surface area contributed by atoms with Crippen molar-refractivity contribution in [1.29, 1.82) is 0 Å². The molecule has 2 N–H and O–H groups in total. The summed E-state index contributed by atoms with van der Waals surface area (Å²) in [5.74, 6) is -0.783. The van der Waals surface area contributed by atoms with Crippen LogP contribution in [0.25, 0.3) is 10.9 Å². The van der Waals surface area contributed by atoms with E-state index in [2.05, 4.69) is 25.8 Å². The van der Waals surface area contributed by atoms with Gasteiger partial charge in [-0.15, -0.1) is 0 Å². The lowest BCUT2D eigenvalue weighted by atomic mass is 10.0. The van der Waals surface area contributed by atoms with Crippen LogP contribution in [0.3, 0.4) is 0 Å². The summed E-state index contributed by atoms with van der Waals surface area (Å²) in [6.07, 6.45) is 2.75. The van der Waals surface area contributed by atoms with Crippen LogP contribution >= 0.6 is 0 Å². The molecular weight excluding hydrogens is 352 g/mol. The summed E-state index contributed by atoms with van der Waals surface area (Å²) >= 11 is 0. The number of hydrogen-bond donors (Lipinski definition) is 2. The fourth-order valence-electron chi connectivity index (χ4n) is 4.18. The molecule has 0 spiro atoms. The number of carboxylic acid groups (broad SMARTS) is 1. The quantitative estimate of drug-likeness (QED) is 0.690. The van der Waals surface area contributed by atoms with Crippen LogP contribution in [0.4, 0.5) is 0 Å². The van der Waals surface area contributed by atoms with E-state index >= 15 is 0 Å². The largest absolute Gasteiger partial charge is 0.480 e. The molecule has 6 heteroatoms. The number of fused-ring (bicyclic) bond motifs is 1. The average Bonchev–Trinajstić information content (AvgIpc) is 3.04. The number of para-hydroxylation sites is 1. The Labute approximate surface area is 164 Å². The van der Waals surface area contributed by atoms with E-state index in [1.165, 1.54) is 0 Å². The Hall–Kier alpha value is -2.70. The molecule has 6 nitrogen and oxygen atoms in total. The Morgan fingerprint density at radius 2 is 1.89 bits per heavy atom. The van der Waals surface area contributed by atoms with Gasteiger partial charge in [0.1, 0.15) is 6.04 Å². The summed E-state index contributed by atoms with van der Waals surface area (Å²) in [6.45, 7) is 6.16. The highest BCUT2D eigenvalue weighted by molar-refractivity contribution is 5.90. The normalized spacial score (nSPS) is 17.0. The lowest BCUT2D eigenvalue weighted by Crippen LogP contribution is -2.49. The molecule has 1 unspecified atom stereocenters. The van der Waals surface area contributed by atoms with Gasteiger partial charge in [-0.05, 0) is 25.1 Å². The first kappa shape index (κ1) is 18.7. The van der Waals surface area contributed by atoms with Crippen molar-refractivity contribution < 1.29 is 9.90 Å². The number of carboxylic acids is 1. The Morgan fingerprint density at radius 3 is 2.61 bits per heavy atom. The van der Waals surface area contributed by atoms with Gasteiger partial charge in [0, 0.05) is 73.2 Å². The Balaban J connectivity index is 1.45. The number of aryl methyl sites for hydroxylation is 1. The first-order valence-electron chi connectivity index (χ1n) is 9.80. The van der Waals surface area contributed by atoms with Crippen molar-refractivity contribution in [3.05, 3.63) is 65.6 Å². The summed E-state index contributed by atoms with van der Waals surface area (Å²) in [6, 6.07) is 13.3. The van der Waals surface area contributed by atoms with Crippen LogP contribution in [0.5, 0.6) is 0 Å². The van der Waals surface area contributed by atoms with Crippen molar-refractivity contribution in [2.45, 2.75) is 19.4 Å². The van der Waals surface area contributed by atoms with Crippen molar-refractivity contribution in [3.8, 4) is 0 Å². The molecule has 0 bridgehead atoms. The summed E-state index contributed by atoms with van der Waals surface area (Å²) < 4.78 is 0. The summed E-state index contributed by atoms with van der Waals surface area (Å²) in [5, 5.41) is 11.0. The van der Waals surface area contributed by atoms with Crippen LogP contribution in [0.15, 0.2) is 48.7 Å². The van der Waals surface area contributed by atoms with E-state index in [1.54, 1.807) is 0 Å². The van der Waals surface area contributed by atoms with E-state index < -0.39 is 12.0 Å². The number of aromatic amines is 1. The summed E-state index contributed by atoms with van der Waals surface area (Å²) in [4.78, 5) is 24.4. The molecule has 4 rings (SSSR count). The second kappa shape index (κ2) is 8.12. The minimum Gasteiger partial charge on any atom is -0.480 e. The third kappa shape index (κ3) is 3.79. The predicted octanol–water partition coefficient (Wildman–Crippen LogP) is 2.86. The standard InChI is InChI=1S/C22H26N4O2/c1-16-20(18-7-2-3-8-19(18)24-16)21(22(27)28)26-14-12-25(13-15-26)11-9-17-6-4-5-10-23-17/h2-8,10,21,24H,9,11-15H2,1H3,(H,27,28). The molecule has 1 atom stereocenters. The number of hydrogen-bond acceptors (Lipinski definition) is 4. The van der Waals surface area contributed by atoms with Gasteiger partial charge >= 0.3 is 5.97 Å². The van der Waals surface area contributed by atoms with Crippen molar-refractivity contribution in [2.75, 3.05) is 32.7 Å². The fourth-order valence-corrected chi connectivity index (χ4v) is 4.18. The van der Waals surface area contributed by atoms with Gasteiger partial charge in [0.25, 0.3) is 0 Å². The molecule has 0 saturated carbocycles. The lowest BCUT2D eigenvalue weighted by Gasteiger charge is -2.38. The third-order valence-electron chi connectivity index (χ3n) is 5.63. The molecule has 146 valence electrons. The molecule has 3 aromatic rings. The van der Waals surface area contributed by atoms with Crippen LogP contribution in [0.1, 0.15) is 23.0 Å². The number of nitrogens with zero attached hydrogens (tertiary/aromatic N) is 3. The van der Waals surface area contributed by atoms with Crippen LogP contribution in [-0.2, 0) is 11.2 Å². The van der Waals surface area contributed by atoms with Gasteiger partial charge in [-0.1, -0.05) is 24.3 Å². The molecule has 1 fully saturated rings. The van der Waals surface area contributed by atoms with E-state index in [-0.39, 0.29) is 0 Å². The van der Waals surface area contributed by atoms with E-state index in [1.807, 2.05) is 49.5 Å². The number of nitrogens with one attached hydrogen (secondary N) is 1. The average molecular weight is 378 g/mol. The lowest BCUT2D eigenvalue weighted by molar-refractivity contribution is -0.144. The molecule has 2 aromatic heterocycles. The molecule has 28 heavy (non-hydrogen) atoms. The molecule has 3 heterocycles. The minimum absolute atomic E-state index is 0.617. The molecule has 1 aliphatic heterocycles. The predicted molar refractivity (Wildman–Crippen MR) is 109 cm³/mol.